The van der Waals surface area contributed by atoms with Crippen LogP contribution in [0.3, 0.4) is 0 Å². The van der Waals surface area contributed by atoms with Gasteiger partial charge < -0.3 is 10.1 Å². The number of hydrogen-bond acceptors (Lipinski definition) is 4. The number of ether oxygens (including phenoxy) is 1. The van der Waals surface area contributed by atoms with E-state index in [-0.39, 0.29) is 0 Å². The van der Waals surface area contributed by atoms with Gasteiger partial charge in [0.15, 0.2) is 0 Å². The Bertz CT molecular complexity index is 366. The summed E-state index contributed by atoms with van der Waals surface area (Å²) in [4.78, 5) is 3.91. The molecule has 0 bridgehead atoms. The molecule has 1 saturated heterocycles. The Morgan fingerprint density at radius 2 is 2.60 bits per heavy atom. The maximum absolute atomic E-state index is 8.68. The fraction of sp³-hybridized carbons (Fsp3) is 0.455. The predicted molar refractivity (Wildman–Crippen MR) is 56.4 cm³/mol. The normalized spacial score (nSPS) is 19.8. The van der Waals surface area contributed by atoms with Crippen LogP contribution in [0.5, 0.6) is 0 Å². The zero-order chi connectivity index (χ0) is 10.5. The smallest absolute Gasteiger partial charge is 0.142 e. The predicted octanol–water partition coefficient (Wildman–Crippen LogP) is 1.54. The fourth-order valence-electron chi connectivity index (χ4n) is 1.64. The largest absolute Gasteiger partial charge is 0.382 e. The summed E-state index contributed by atoms with van der Waals surface area (Å²) in [6.45, 7) is 1.67. The second-order valence-electron chi connectivity index (χ2n) is 3.56. The number of hydrogen-bond donors (Lipinski definition) is 1. The molecule has 1 aliphatic rings. The minimum atomic E-state index is 0.309. The molecule has 0 amide bonds. The van der Waals surface area contributed by atoms with Gasteiger partial charge in [-0.05, 0) is 25.0 Å². The van der Waals surface area contributed by atoms with E-state index < -0.39 is 0 Å². The SMILES string of the molecule is N#Cc1cc(NC[C@H]2CCCO2)ccn1. The van der Waals surface area contributed by atoms with Gasteiger partial charge in [-0.1, -0.05) is 0 Å². The molecular weight excluding hydrogens is 190 g/mol. The monoisotopic (exact) mass is 203 g/mol. The molecular formula is C11H13N3O. The van der Waals surface area contributed by atoms with Crippen LogP contribution < -0.4 is 5.32 Å². The van der Waals surface area contributed by atoms with Crippen LogP contribution in [0.2, 0.25) is 0 Å². The van der Waals surface area contributed by atoms with E-state index in [1.807, 2.05) is 12.1 Å². The van der Waals surface area contributed by atoms with Crippen molar-refractivity contribution in [3.63, 3.8) is 0 Å². The lowest BCUT2D eigenvalue weighted by molar-refractivity contribution is 0.120. The summed E-state index contributed by atoms with van der Waals surface area (Å²) in [6.07, 6.45) is 4.20. The Morgan fingerprint density at radius 1 is 1.67 bits per heavy atom. The van der Waals surface area contributed by atoms with E-state index in [1.165, 1.54) is 0 Å². The number of nitrogens with one attached hydrogen (secondary N) is 1. The molecule has 0 unspecified atom stereocenters. The zero-order valence-corrected chi connectivity index (χ0v) is 8.44. The van der Waals surface area contributed by atoms with Crippen LogP contribution in [0.1, 0.15) is 18.5 Å². The average Bonchev–Trinajstić information content (AvgIpc) is 2.79. The highest BCUT2D eigenvalue weighted by Crippen LogP contribution is 2.13. The van der Waals surface area contributed by atoms with Crippen molar-refractivity contribution in [3.8, 4) is 6.07 Å². The van der Waals surface area contributed by atoms with E-state index in [1.54, 1.807) is 12.3 Å². The van der Waals surface area contributed by atoms with E-state index >= 15 is 0 Å². The van der Waals surface area contributed by atoms with Crippen molar-refractivity contribution in [3.05, 3.63) is 24.0 Å². The molecule has 1 N–H and O–H groups in total. The molecule has 1 aromatic heterocycles. The number of pyridine rings is 1. The third kappa shape index (κ3) is 2.67. The molecule has 4 heteroatoms. The van der Waals surface area contributed by atoms with Gasteiger partial charge in [0.1, 0.15) is 11.8 Å². The van der Waals surface area contributed by atoms with E-state index in [2.05, 4.69) is 10.3 Å². The highest BCUT2D eigenvalue weighted by atomic mass is 16.5. The lowest BCUT2D eigenvalue weighted by Crippen LogP contribution is -2.18. The topological polar surface area (TPSA) is 57.9 Å². The Balaban J connectivity index is 1.90. The summed E-state index contributed by atoms with van der Waals surface area (Å²) in [5.74, 6) is 0. The second-order valence-corrected chi connectivity index (χ2v) is 3.56. The molecule has 15 heavy (non-hydrogen) atoms. The van der Waals surface area contributed by atoms with Crippen molar-refractivity contribution in [1.29, 1.82) is 5.26 Å². The van der Waals surface area contributed by atoms with Gasteiger partial charge in [0.25, 0.3) is 0 Å². The summed E-state index contributed by atoms with van der Waals surface area (Å²) in [7, 11) is 0. The minimum Gasteiger partial charge on any atom is -0.382 e. The quantitative estimate of drug-likeness (QED) is 0.809. The molecule has 4 nitrogen and oxygen atoms in total. The van der Waals surface area contributed by atoms with Crippen LogP contribution in [0.25, 0.3) is 0 Å². The maximum atomic E-state index is 8.68. The molecule has 2 heterocycles. The van der Waals surface area contributed by atoms with Crippen molar-refractivity contribution in [2.45, 2.75) is 18.9 Å². The molecule has 0 aliphatic carbocycles. The van der Waals surface area contributed by atoms with Gasteiger partial charge in [0, 0.05) is 25.0 Å². The number of anilines is 1. The number of rotatable bonds is 3. The van der Waals surface area contributed by atoms with Crippen LogP contribution in [-0.4, -0.2) is 24.2 Å². The highest BCUT2D eigenvalue weighted by Gasteiger charge is 2.14. The van der Waals surface area contributed by atoms with Crippen molar-refractivity contribution >= 4 is 5.69 Å². The lowest BCUT2D eigenvalue weighted by atomic mass is 10.2. The first-order chi connectivity index (χ1) is 7.38. The molecule has 1 aliphatic heterocycles. The third-order valence-corrected chi connectivity index (χ3v) is 2.43. The first-order valence-corrected chi connectivity index (χ1v) is 5.10. The summed E-state index contributed by atoms with van der Waals surface area (Å²) in [6, 6.07) is 5.61. The van der Waals surface area contributed by atoms with E-state index in [0.717, 1.165) is 31.7 Å². The average molecular weight is 203 g/mol. The minimum absolute atomic E-state index is 0.309. The van der Waals surface area contributed by atoms with Crippen LogP contribution in [-0.2, 0) is 4.74 Å². The van der Waals surface area contributed by atoms with Crippen molar-refractivity contribution in [2.75, 3.05) is 18.5 Å². The van der Waals surface area contributed by atoms with Gasteiger partial charge in [-0.25, -0.2) is 4.98 Å². The van der Waals surface area contributed by atoms with Gasteiger partial charge >= 0.3 is 0 Å². The van der Waals surface area contributed by atoms with Crippen LogP contribution in [0.4, 0.5) is 5.69 Å². The highest BCUT2D eigenvalue weighted by molar-refractivity contribution is 5.45. The van der Waals surface area contributed by atoms with Crippen LogP contribution in [0.15, 0.2) is 18.3 Å². The Morgan fingerprint density at radius 3 is 3.33 bits per heavy atom. The summed E-state index contributed by atoms with van der Waals surface area (Å²) in [5, 5.41) is 11.9. The van der Waals surface area contributed by atoms with E-state index in [9.17, 15) is 0 Å². The van der Waals surface area contributed by atoms with Gasteiger partial charge in [0.2, 0.25) is 0 Å². The van der Waals surface area contributed by atoms with Gasteiger partial charge in [-0.2, -0.15) is 5.26 Å². The molecule has 0 spiro atoms. The van der Waals surface area contributed by atoms with Crippen LogP contribution in [0, 0.1) is 11.3 Å². The number of nitriles is 1. The molecule has 1 aromatic rings. The van der Waals surface area contributed by atoms with E-state index in [0.29, 0.717) is 11.8 Å². The number of nitrogens with zero attached hydrogens (tertiary/aromatic N) is 2. The molecule has 1 atom stereocenters. The standard InChI is InChI=1S/C11H13N3O/c12-7-10-6-9(3-4-13-10)14-8-11-2-1-5-15-11/h3-4,6,11H,1-2,5,8H2,(H,13,14)/t11-/m1/s1. The molecule has 1 fully saturated rings. The molecule has 0 saturated carbocycles. The molecule has 78 valence electrons. The summed E-state index contributed by atoms with van der Waals surface area (Å²) >= 11 is 0. The van der Waals surface area contributed by atoms with Gasteiger partial charge in [0.05, 0.1) is 6.10 Å². The Labute approximate surface area is 88.9 Å². The Kier molecular flexibility index (Phi) is 3.15. The fourth-order valence-corrected chi connectivity index (χ4v) is 1.64. The number of aromatic nitrogens is 1. The first kappa shape index (κ1) is 9.94. The van der Waals surface area contributed by atoms with Gasteiger partial charge in [-0.3, -0.25) is 0 Å². The first-order valence-electron chi connectivity index (χ1n) is 5.10. The zero-order valence-electron chi connectivity index (χ0n) is 8.44. The summed E-state index contributed by atoms with van der Waals surface area (Å²) in [5.41, 5.74) is 1.37. The van der Waals surface area contributed by atoms with E-state index in [4.69, 9.17) is 10.00 Å². The molecule has 2 rings (SSSR count). The lowest BCUT2D eigenvalue weighted by Gasteiger charge is -2.11. The van der Waals surface area contributed by atoms with Crippen molar-refractivity contribution in [1.82, 2.24) is 4.98 Å². The van der Waals surface area contributed by atoms with Gasteiger partial charge in [-0.15, -0.1) is 0 Å². The third-order valence-electron chi connectivity index (χ3n) is 2.43. The Hall–Kier alpha value is -1.60. The molecule has 0 radical (unpaired) electrons. The second kappa shape index (κ2) is 4.76. The maximum Gasteiger partial charge on any atom is 0.142 e. The van der Waals surface area contributed by atoms with Crippen molar-refractivity contribution < 1.29 is 4.74 Å². The van der Waals surface area contributed by atoms with Crippen LogP contribution >= 0.6 is 0 Å². The van der Waals surface area contributed by atoms with Crippen molar-refractivity contribution in [2.24, 2.45) is 0 Å². The summed E-state index contributed by atoms with van der Waals surface area (Å²) < 4.78 is 5.49. The molecule has 0 aromatic carbocycles.